The topological polar surface area (TPSA) is 147 Å². The van der Waals surface area contributed by atoms with Gasteiger partial charge >= 0.3 is 18.1 Å². The molecule has 3 aromatic rings. The van der Waals surface area contributed by atoms with Crippen LogP contribution in [0.3, 0.4) is 0 Å². The summed E-state index contributed by atoms with van der Waals surface area (Å²) in [6, 6.07) is 18.5. The second kappa shape index (κ2) is 16.0. The minimum absolute atomic E-state index is 0.0595. The number of pyridine rings is 1. The summed E-state index contributed by atoms with van der Waals surface area (Å²) in [4.78, 5) is 52.9. The van der Waals surface area contributed by atoms with Crippen LogP contribution in [0.1, 0.15) is 37.3 Å². The number of benzene rings is 2. The van der Waals surface area contributed by atoms with E-state index in [1.54, 1.807) is 42.6 Å². The highest BCUT2D eigenvalue weighted by atomic mass is 19.4. The van der Waals surface area contributed by atoms with Crippen LogP contribution in [0.25, 0.3) is 11.1 Å². The summed E-state index contributed by atoms with van der Waals surface area (Å²) in [5, 5.41) is 17.7. The minimum Gasteiger partial charge on any atom is -0.394 e. The van der Waals surface area contributed by atoms with E-state index in [-0.39, 0.29) is 6.42 Å². The molecule has 1 aromatic heterocycles. The van der Waals surface area contributed by atoms with Gasteiger partial charge in [0.05, 0.1) is 19.1 Å². The fourth-order valence-electron chi connectivity index (χ4n) is 3.99. The van der Waals surface area contributed by atoms with E-state index in [1.807, 2.05) is 36.4 Å². The van der Waals surface area contributed by atoms with Gasteiger partial charge < -0.3 is 25.8 Å². The lowest BCUT2D eigenvalue weighted by Crippen LogP contribution is -2.50. The van der Waals surface area contributed by atoms with Crippen molar-refractivity contribution in [2.45, 2.75) is 43.9 Å². The number of carbonyl (C=O) groups is 4. The Morgan fingerprint density at radius 2 is 1.53 bits per heavy atom. The van der Waals surface area contributed by atoms with Crippen LogP contribution in [0, 0.1) is 0 Å². The van der Waals surface area contributed by atoms with Gasteiger partial charge in [-0.3, -0.25) is 14.4 Å². The largest absolute Gasteiger partial charge is 0.491 e. The molecule has 13 heteroatoms. The predicted octanol–water partition coefficient (Wildman–Crippen LogP) is 3.69. The van der Waals surface area contributed by atoms with Crippen molar-refractivity contribution in [2.24, 2.45) is 0 Å². The van der Waals surface area contributed by atoms with E-state index in [0.29, 0.717) is 30.8 Å². The minimum atomic E-state index is -5.38. The fourth-order valence-corrected chi connectivity index (χ4v) is 3.99. The molecule has 10 nitrogen and oxygen atoms in total. The smallest absolute Gasteiger partial charge is 0.394 e. The molecule has 2 atom stereocenters. The highest BCUT2D eigenvalue weighted by molar-refractivity contribution is 5.90. The Kier molecular flexibility index (Phi) is 12.2. The second-order valence-corrected chi connectivity index (χ2v) is 9.41. The molecule has 0 radical (unpaired) electrons. The van der Waals surface area contributed by atoms with Crippen molar-refractivity contribution < 1.29 is 42.2 Å². The first-order chi connectivity index (χ1) is 20.6. The number of hydrogen-bond donors (Lipinski definition) is 4. The molecule has 228 valence electrons. The van der Waals surface area contributed by atoms with E-state index >= 15 is 0 Å². The molecule has 43 heavy (non-hydrogen) atoms. The van der Waals surface area contributed by atoms with Gasteiger partial charge in [-0.25, -0.2) is 9.78 Å². The number of anilines is 1. The molecule has 0 aliphatic heterocycles. The maximum atomic E-state index is 13.0. The lowest BCUT2D eigenvalue weighted by molar-refractivity contribution is -0.202. The van der Waals surface area contributed by atoms with Crippen LogP contribution >= 0.6 is 0 Å². The zero-order chi connectivity index (χ0) is 31.2. The number of carbonyl (C=O) groups excluding carboxylic acids is 4. The van der Waals surface area contributed by atoms with Crippen LogP contribution < -0.4 is 16.0 Å². The van der Waals surface area contributed by atoms with Crippen LogP contribution in [-0.2, 0) is 23.9 Å². The number of rotatable bonds is 14. The van der Waals surface area contributed by atoms with Gasteiger partial charge in [0.25, 0.3) is 0 Å². The van der Waals surface area contributed by atoms with Crippen molar-refractivity contribution >= 4 is 29.6 Å². The number of aliphatic hydroxyl groups is 1. The number of alkyl halides is 3. The van der Waals surface area contributed by atoms with E-state index in [0.717, 1.165) is 11.1 Å². The average Bonchev–Trinajstić information content (AvgIpc) is 2.99. The van der Waals surface area contributed by atoms with E-state index in [2.05, 4.69) is 25.7 Å². The van der Waals surface area contributed by atoms with Crippen LogP contribution in [0.2, 0.25) is 0 Å². The van der Waals surface area contributed by atoms with E-state index in [9.17, 15) is 37.5 Å². The summed E-state index contributed by atoms with van der Waals surface area (Å²) in [5.41, 5.74) is 1.98. The van der Waals surface area contributed by atoms with Crippen molar-refractivity contribution in [3.05, 3.63) is 84.6 Å². The maximum Gasteiger partial charge on any atom is 0.491 e. The quantitative estimate of drug-likeness (QED) is 0.125. The van der Waals surface area contributed by atoms with E-state index < -0.39 is 55.0 Å². The van der Waals surface area contributed by atoms with Crippen LogP contribution in [0.15, 0.2) is 79.0 Å². The van der Waals surface area contributed by atoms with E-state index in [1.165, 1.54) is 0 Å². The Morgan fingerprint density at radius 3 is 2.16 bits per heavy atom. The Balaban J connectivity index is 1.62. The van der Waals surface area contributed by atoms with Gasteiger partial charge in [-0.1, -0.05) is 60.7 Å². The van der Waals surface area contributed by atoms with Crippen molar-refractivity contribution in [1.82, 2.24) is 15.6 Å². The monoisotopic (exact) mass is 600 g/mol. The normalized spacial score (nSPS) is 12.5. The summed E-state index contributed by atoms with van der Waals surface area (Å²) in [6.07, 6.45) is -3.41. The molecule has 1 unspecified atom stereocenters. The lowest BCUT2D eigenvalue weighted by Gasteiger charge is -2.23. The number of nitrogens with one attached hydrogen (secondary N) is 3. The lowest BCUT2D eigenvalue weighted by atomic mass is 9.98. The summed E-state index contributed by atoms with van der Waals surface area (Å²) in [6.45, 7) is -0.221. The molecule has 0 aliphatic carbocycles. The highest BCUT2D eigenvalue weighted by Crippen LogP contribution is 2.25. The average molecular weight is 601 g/mol. The highest BCUT2D eigenvalue weighted by Gasteiger charge is 2.42. The maximum absolute atomic E-state index is 13.0. The number of esters is 2. The molecule has 3 rings (SSSR count). The first kappa shape index (κ1) is 32.7. The van der Waals surface area contributed by atoms with Crippen molar-refractivity contribution in [3.63, 3.8) is 0 Å². The molecule has 0 fully saturated rings. The molecule has 2 amide bonds. The Morgan fingerprint density at radius 1 is 0.860 bits per heavy atom. The molecular formula is C30H31F3N4O6. The molecular weight excluding hydrogens is 569 g/mol. The molecule has 4 N–H and O–H groups in total. The zero-order valence-corrected chi connectivity index (χ0v) is 23.0. The summed E-state index contributed by atoms with van der Waals surface area (Å²) >= 11 is 0. The third-order valence-corrected chi connectivity index (χ3v) is 6.18. The Labute approximate surface area is 245 Å². The second-order valence-electron chi connectivity index (χ2n) is 9.41. The fraction of sp³-hybridized carbons (Fsp3) is 0.300. The molecule has 2 aromatic carbocycles. The van der Waals surface area contributed by atoms with Gasteiger partial charge in [-0.05, 0) is 41.7 Å². The standard InChI is InChI=1S/C30H31F3N4O6/c31-30(32,33)29(42)43-27(40)18-23(22-14-12-21(13-15-22)20-8-2-1-3-9-20)37-28(41)24(19-38)36-26(39)11-5-7-17-35-25-10-4-6-16-34-25/h1-4,6,8-10,12-16,23-24,38H,5,7,11,17-19H2,(H,34,35)(H,36,39)(H,37,41)/t23?,24-/m1/s1. The van der Waals surface area contributed by atoms with Crippen LogP contribution in [0.4, 0.5) is 19.0 Å². The number of unbranched alkanes of at least 4 members (excludes halogenated alkanes) is 1. The predicted molar refractivity (Wildman–Crippen MR) is 150 cm³/mol. The number of hydrogen-bond acceptors (Lipinski definition) is 8. The Hall–Kier alpha value is -4.78. The number of aliphatic hydroxyl groups excluding tert-OH is 1. The van der Waals surface area contributed by atoms with Gasteiger partial charge in [0.2, 0.25) is 11.8 Å². The third kappa shape index (κ3) is 10.9. The van der Waals surface area contributed by atoms with Gasteiger partial charge in [-0.15, -0.1) is 0 Å². The first-order valence-electron chi connectivity index (χ1n) is 13.4. The van der Waals surface area contributed by atoms with Crippen molar-refractivity contribution in [1.29, 1.82) is 0 Å². The van der Waals surface area contributed by atoms with Crippen LogP contribution in [0.5, 0.6) is 0 Å². The number of aromatic nitrogens is 1. The van der Waals surface area contributed by atoms with Crippen molar-refractivity contribution in [2.75, 3.05) is 18.5 Å². The van der Waals surface area contributed by atoms with Gasteiger partial charge in [0.1, 0.15) is 11.9 Å². The number of nitrogens with zero attached hydrogens (tertiary/aromatic N) is 1. The number of ether oxygens (including phenoxy) is 1. The first-order valence-corrected chi connectivity index (χ1v) is 13.4. The van der Waals surface area contributed by atoms with Crippen molar-refractivity contribution in [3.8, 4) is 11.1 Å². The number of amides is 2. The molecule has 0 bridgehead atoms. The zero-order valence-electron chi connectivity index (χ0n) is 23.0. The number of halogens is 3. The summed E-state index contributed by atoms with van der Waals surface area (Å²) < 4.78 is 41.7. The molecule has 0 aliphatic rings. The third-order valence-electron chi connectivity index (χ3n) is 6.18. The van der Waals surface area contributed by atoms with Gasteiger partial charge in [0, 0.05) is 19.2 Å². The molecule has 0 saturated heterocycles. The van der Waals surface area contributed by atoms with Gasteiger partial charge in [-0.2, -0.15) is 13.2 Å². The molecule has 0 saturated carbocycles. The van der Waals surface area contributed by atoms with Crippen LogP contribution in [-0.4, -0.2) is 59.2 Å². The van der Waals surface area contributed by atoms with Gasteiger partial charge in [0.15, 0.2) is 0 Å². The SMILES string of the molecule is O=C(CCCCNc1ccccn1)N[C@H](CO)C(=O)NC(CC(=O)OC(=O)C(F)(F)F)c1ccc(-c2ccccc2)cc1. The summed E-state index contributed by atoms with van der Waals surface area (Å²) in [5.74, 6) is -4.91. The van der Waals surface area contributed by atoms with E-state index in [4.69, 9.17) is 0 Å². The molecule has 1 heterocycles. The Bertz CT molecular complexity index is 1360. The summed E-state index contributed by atoms with van der Waals surface area (Å²) in [7, 11) is 0. The molecule has 0 spiro atoms.